The maximum Gasteiger partial charge on any atom is 0.245 e. The molecule has 0 aromatic heterocycles. The Hall–Kier alpha value is -0.0900. The second kappa shape index (κ2) is 4.19. The van der Waals surface area contributed by atoms with Crippen LogP contribution in [0, 0.1) is 0 Å². The fourth-order valence-corrected chi connectivity index (χ4v) is 5.17. The van der Waals surface area contributed by atoms with Gasteiger partial charge in [0.2, 0.25) is 5.91 Å². The van der Waals surface area contributed by atoms with Crippen molar-refractivity contribution in [2.75, 3.05) is 24.6 Å². The van der Waals surface area contributed by atoms with Crippen molar-refractivity contribution in [3.8, 4) is 0 Å². The van der Waals surface area contributed by atoms with E-state index in [-0.39, 0.29) is 5.91 Å². The Morgan fingerprint density at radius 1 is 1.29 bits per heavy atom. The third-order valence-corrected chi connectivity index (χ3v) is 6.48. The maximum absolute atomic E-state index is 11.4. The SMILES string of the molecule is C=CC(=O)N1CCC2(CC1)SCCS2. The van der Waals surface area contributed by atoms with Crippen LogP contribution in [0.5, 0.6) is 0 Å². The van der Waals surface area contributed by atoms with Gasteiger partial charge in [-0.15, -0.1) is 23.5 Å². The first-order valence-corrected chi connectivity index (χ1v) is 6.92. The molecule has 0 bridgehead atoms. The van der Waals surface area contributed by atoms with Crippen LogP contribution >= 0.6 is 23.5 Å². The Balaban J connectivity index is 1.91. The number of piperidine rings is 1. The van der Waals surface area contributed by atoms with Crippen molar-refractivity contribution in [3.63, 3.8) is 0 Å². The van der Waals surface area contributed by atoms with E-state index in [1.54, 1.807) is 0 Å². The molecule has 2 aliphatic heterocycles. The number of rotatable bonds is 1. The van der Waals surface area contributed by atoms with E-state index in [0.29, 0.717) is 4.08 Å². The third-order valence-electron chi connectivity index (χ3n) is 2.83. The minimum atomic E-state index is 0.0906. The van der Waals surface area contributed by atoms with E-state index < -0.39 is 0 Å². The van der Waals surface area contributed by atoms with Crippen LogP contribution in [0.4, 0.5) is 0 Å². The van der Waals surface area contributed by atoms with Crippen LogP contribution < -0.4 is 0 Å². The van der Waals surface area contributed by atoms with Crippen molar-refractivity contribution in [1.29, 1.82) is 0 Å². The Morgan fingerprint density at radius 3 is 2.36 bits per heavy atom. The molecule has 0 aromatic carbocycles. The van der Waals surface area contributed by atoms with Crippen LogP contribution in [0.2, 0.25) is 0 Å². The highest BCUT2D eigenvalue weighted by Crippen LogP contribution is 2.50. The molecule has 2 fully saturated rings. The summed E-state index contributed by atoms with van der Waals surface area (Å²) in [5, 5.41) is 0. The van der Waals surface area contributed by atoms with E-state index in [2.05, 4.69) is 30.1 Å². The smallest absolute Gasteiger partial charge is 0.245 e. The second-order valence-corrected chi connectivity index (χ2v) is 6.85. The van der Waals surface area contributed by atoms with Crippen LogP contribution in [0.15, 0.2) is 12.7 Å². The van der Waals surface area contributed by atoms with Gasteiger partial charge in [-0.1, -0.05) is 6.58 Å². The molecular weight excluding hydrogens is 214 g/mol. The summed E-state index contributed by atoms with van der Waals surface area (Å²) in [6.45, 7) is 5.34. The Morgan fingerprint density at radius 2 is 1.86 bits per heavy atom. The van der Waals surface area contributed by atoms with Crippen LogP contribution in [0.25, 0.3) is 0 Å². The van der Waals surface area contributed by atoms with E-state index >= 15 is 0 Å². The fraction of sp³-hybridized carbons (Fsp3) is 0.700. The minimum Gasteiger partial charge on any atom is -0.339 e. The molecule has 0 aromatic rings. The molecule has 2 aliphatic rings. The molecule has 0 radical (unpaired) electrons. The first-order valence-electron chi connectivity index (χ1n) is 4.95. The van der Waals surface area contributed by atoms with Crippen LogP contribution in [-0.2, 0) is 4.79 Å². The van der Waals surface area contributed by atoms with Crippen LogP contribution in [0.1, 0.15) is 12.8 Å². The number of hydrogen-bond donors (Lipinski definition) is 0. The van der Waals surface area contributed by atoms with Gasteiger partial charge in [0.25, 0.3) is 0 Å². The van der Waals surface area contributed by atoms with Crippen molar-refractivity contribution in [2.45, 2.75) is 16.9 Å². The molecule has 4 heteroatoms. The van der Waals surface area contributed by atoms with Crippen molar-refractivity contribution in [2.24, 2.45) is 0 Å². The molecule has 0 aliphatic carbocycles. The van der Waals surface area contributed by atoms with Gasteiger partial charge in [-0.2, -0.15) is 0 Å². The Labute approximate surface area is 93.5 Å². The number of amides is 1. The van der Waals surface area contributed by atoms with Gasteiger partial charge in [-0.05, 0) is 18.9 Å². The zero-order valence-electron chi connectivity index (χ0n) is 8.20. The van der Waals surface area contributed by atoms with Crippen molar-refractivity contribution in [1.82, 2.24) is 4.90 Å². The summed E-state index contributed by atoms with van der Waals surface area (Å²) in [4.78, 5) is 13.3. The maximum atomic E-state index is 11.4. The highest BCUT2D eigenvalue weighted by Gasteiger charge is 2.39. The lowest BCUT2D eigenvalue weighted by Gasteiger charge is -2.37. The van der Waals surface area contributed by atoms with E-state index in [1.165, 1.54) is 17.6 Å². The Kier molecular flexibility index (Phi) is 3.12. The zero-order chi connectivity index (χ0) is 10.0. The van der Waals surface area contributed by atoms with Gasteiger partial charge in [0, 0.05) is 24.6 Å². The summed E-state index contributed by atoms with van der Waals surface area (Å²) < 4.78 is 0.442. The molecule has 0 saturated carbocycles. The zero-order valence-corrected chi connectivity index (χ0v) is 9.83. The van der Waals surface area contributed by atoms with Crippen LogP contribution in [-0.4, -0.2) is 39.5 Å². The first-order chi connectivity index (χ1) is 6.76. The summed E-state index contributed by atoms with van der Waals surface area (Å²) in [5.41, 5.74) is 0. The van der Waals surface area contributed by atoms with Gasteiger partial charge in [0.15, 0.2) is 0 Å². The number of carbonyl (C=O) groups is 1. The molecular formula is C10H15NOS2. The summed E-state index contributed by atoms with van der Waals surface area (Å²) >= 11 is 4.17. The summed E-state index contributed by atoms with van der Waals surface area (Å²) in [7, 11) is 0. The van der Waals surface area contributed by atoms with Crippen molar-refractivity contribution < 1.29 is 4.79 Å². The molecule has 2 rings (SSSR count). The van der Waals surface area contributed by atoms with Crippen LogP contribution in [0.3, 0.4) is 0 Å². The van der Waals surface area contributed by atoms with Gasteiger partial charge >= 0.3 is 0 Å². The summed E-state index contributed by atoms with van der Waals surface area (Å²) in [6.07, 6.45) is 3.71. The highest BCUT2D eigenvalue weighted by molar-refractivity contribution is 8.21. The van der Waals surface area contributed by atoms with Gasteiger partial charge in [0.1, 0.15) is 0 Å². The molecule has 2 heterocycles. The standard InChI is InChI=1S/C10H15NOS2/c1-2-9(12)11-5-3-10(4-6-11)13-7-8-14-10/h2H,1,3-8H2. The number of thioether (sulfide) groups is 2. The van der Waals surface area contributed by atoms with E-state index in [4.69, 9.17) is 0 Å². The first kappa shape index (κ1) is 10.4. The predicted octanol–water partition coefficient (Wildman–Crippen LogP) is 1.97. The largest absolute Gasteiger partial charge is 0.339 e. The van der Waals surface area contributed by atoms with E-state index in [1.807, 2.05) is 4.90 Å². The van der Waals surface area contributed by atoms with E-state index in [0.717, 1.165) is 25.9 Å². The molecule has 1 spiro atoms. The van der Waals surface area contributed by atoms with Crippen molar-refractivity contribution >= 4 is 29.4 Å². The number of hydrogen-bond acceptors (Lipinski definition) is 3. The fourth-order valence-electron chi connectivity index (χ4n) is 1.98. The molecule has 1 amide bonds. The topological polar surface area (TPSA) is 20.3 Å². The lowest BCUT2D eigenvalue weighted by atomic mass is 10.1. The lowest BCUT2D eigenvalue weighted by molar-refractivity contribution is -0.126. The molecule has 78 valence electrons. The molecule has 2 saturated heterocycles. The molecule has 0 atom stereocenters. The average molecular weight is 229 g/mol. The van der Waals surface area contributed by atoms with Gasteiger partial charge in [0.05, 0.1) is 4.08 Å². The summed E-state index contributed by atoms with van der Waals surface area (Å²) in [6, 6.07) is 0. The predicted molar refractivity (Wildman–Crippen MR) is 63.7 cm³/mol. The number of likely N-dealkylation sites (tertiary alicyclic amines) is 1. The Bertz CT molecular complexity index is 239. The number of nitrogens with zero attached hydrogens (tertiary/aromatic N) is 1. The molecule has 14 heavy (non-hydrogen) atoms. The average Bonchev–Trinajstić information content (AvgIpc) is 2.67. The second-order valence-electron chi connectivity index (χ2n) is 3.64. The normalized spacial score (nSPS) is 25.3. The lowest BCUT2D eigenvalue weighted by Crippen LogP contribution is -2.42. The highest BCUT2D eigenvalue weighted by atomic mass is 32.2. The van der Waals surface area contributed by atoms with E-state index in [9.17, 15) is 4.79 Å². The molecule has 0 N–H and O–H groups in total. The van der Waals surface area contributed by atoms with Crippen molar-refractivity contribution in [3.05, 3.63) is 12.7 Å². The monoisotopic (exact) mass is 229 g/mol. The molecule has 0 unspecified atom stereocenters. The quantitative estimate of drug-likeness (QED) is 0.641. The van der Waals surface area contributed by atoms with Gasteiger partial charge in [-0.25, -0.2) is 0 Å². The van der Waals surface area contributed by atoms with Gasteiger partial charge < -0.3 is 4.90 Å². The molecule has 2 nitrogen and oxygen atoms in total. The van der Waals surface area contributed by atoms with Gasteiger partial charge in [-0.3, -0.25) is 4.79 Å². The minimum absolute atomic E-state index is 0.0906. The number of carbonyl (C=O) groups excluding carboxylic acids is 1. The third kappa shape index (κ3) is 1.96. The summed E-state index contributed by atoms with van der Waals surface area (Å²) in [5.74, 6) is 2.65.